The second kappa shape index (κ2) is 7.65. The van der Waals surface area contributed by atoms with Gasteiger partial charge in [0.25, 0.3) is 0 Å². The minimum atomic E-state index is -4.31. The van der Waals surface area contributed by atoms with Crippen LogP contribution in [0.25, 0.3) is 0 Å². The smallest absolute Gasteiger partial charge is 0.416 e. The van der Waals surface area contributed by atoms with Crippen molar-refractivity contribution in [3.05, 3.63) is 65.2 Å². The molecule has 2 aliphatic rings. The Bertz CT molecular complexity index is 852. The van der Waals surface area contributed by atoms with Gasteiger partial charge < -0.3 is 10.2 Å². The van der Waals surface area contributed by atoms with Gasteiger partial charge in [0.2, 0.25) is 0 Å². The van der Waals surface area contributed by atoms with Gasteiger partial charge in [-0.1, -0.05) is 30.7 Å². The summed E-state index contributed by atoms with van der Waals surface area (Å²) in [6.07, 6.45) is -0.544. The molecule has 0 amide bonds. The molecular formula is C23H26F3NO2. The van der Waals surface area contributed by atoms with Crippen molar-refractivity contribution in [1.29, 1.82) is 0 Å². The van der Waals surface area contributed by atoms with E-state index in [-0.39, 0.29) is 17.2 Å². The number of hydrogen-bond donors (Lipinski definition) is 2. The van der Waals surface area contributed by atoms with Crippen LogP contribution in [0.1, 0.15) is 42.4 Å². The lowest BCUT2D eigenvalue weighted by Gasteiger charge is -2.54. The molecule has 156 valence electrons. The van der Waals surface area contributed by atoms with Gasteiger partial charge in [-0.05, 0) is 67.6 Å². The highest BCUT2D eigenvalue weighted by Crippen LogP contribution is 2.47. The Hall–Kier alpha value is -2.05. The zero-order valence-corrected chi connectivity index (χ0v) is 16.2. The van der Waals surface area contributed by atoms with Crippen LogP contribution in [0.3, 0.4) is 0 Å². The predicted octanol–water partition coefficient (Wildman–Crippen LogP) is 4.51. The van der Waals surface area contributed by atoms with Crippen molar-refractivity contribution in [3.8, 4) is 5.75 Å². The van der Waals surface area contributed by atoms with E-state index in [1.165, 1.54) is 0 Å². The maximum Gasteiger partial charge on any atom is 0.416 e. The average Bonchev–Trinajstić information content (AvgIpc) is 2.67. The average molecular weight is 405 g/mol. The molecule has 2 aromatic carbocycles. The largest absolute Gasteiger partial charge is 0.508 e. The molecule has 3 atom stereocenters. The Morgan fingerprint density at radius 1 is 1.07 bits per heavy atom. The van der Waals surface area contributed by atoms with E-state index in [9.17, 15) is 23.4 Å². The molecule has 1 aliphatic heterocycles. The van der Waals surface area contributed by atoms with Gasteiger partial charge in [-0.25, -0.2) is 0 Å². The fourth-order valence-electron chi connectivity index (χ4n) is 5.15. The molecule has 0 aromatic heterocycles. The van der Waals surface area contributed by atoms with E-state index in [0.717, 1.165) is 55.5 Å². The van der Waals surface area contributed by atoms with Gasteiger partial charge in [-0.2, -0.15) is 13.2 Å². The molecule has 1 saturated carbocycles. The number of piperidine rings is 1. The fraction of sp³-hybridized carbons (Fsp3) is 0.478. The van der Waals surface area contributed by atoms with Gasteiger partial charge in [0.05, 0.1) is 11.7 Å². The summed E-state index contributed by atoms with van der Waals surface area (Å²) < 4.78 is 38.2. The van der Waals surface area contributed by atoms with Crippen LogP contribution in [-0.2, 0) is 18.0 Å². The van der Waals surface area contributed by atoms with Crippen LogP contribution in [0.5, 0.6) is 5.75 Å². The molecule has 29 heavy (non-hydrogen) atoms. The number of aromatic hydroxyl groups is 1. The fourth-order valence-corrected chi connectivity index (χ4v) is 5.15. The lowest BCUT2D eigenvalue weighted by Crippen LogP contribution is -2.62. The highest BCUT2D eigenvalue weighted by molar-refractivity contribution is 5.36. The van der Waals surface area contributed by atoms with Gasteiger partial charge in [0, 0.05) is 18.0 Å². The molecule has 6 heteroatoms. The second-order valence-electron chi connectivity index (χ2n) is 8.34. The third-order valence-electron chi connectivity index (χ3n) is 6.76. The van der Waals surface area contributed by atoms with Crippen molar-refractivity contribution >= 4 is 0 Å². The van der Waals surface area contributed by atoms with Crippen molar-refractivity contribution in [2.75, 3.05) is 13.1 Å². The van der Waals surface area contributed by atoms with Crippen LogP contribution in [-0.4, -0.2) is 40.3 Å². The Morgan fingerprint density at radius 3 is 2.52 bits per heavy atom. The maximum absolute atomic E-state index is 12.7. The number of phenols is 1. The Balaban J connectivity index is 1.45. The SMILES string of the molecule is Oc1cccc([C@]23CCC[C@H]([C@H]2O)N(CCc2ccc(C(F)(F)F)cc2)CC3)c1. The first-order chi connectivity index (χ1) is 13.8. The van der Waals surface area contributed by atoms with Gasteiger partial charge in [0.15, 0.2) is 0 Å². The first-order valence-electron chi connectivity index (χ1n) is 10.2. The second-order valence-corrected chi connectivity index (χ2v) is 8.34. The van der Waals surface area contributed by atoms with Crippen LogP contribution in [0.4, 0.5) is 13.2 Å². The summed E-state index contributed by atoms with van der Waals surface area (Å²) in [6.45, 7) is 1.54. The number of alkyl halides is 3. The molecule has 1 saturated heterocycles. The molecular weight excluding hydrogens is 379 g/mol. The first-order valence-corrected chi connectivity index (χ1v) is 10.2. The topological polar surface area (TPSA) is 43.7 Å². The molecule has 2 N–H and O–H groups in total. The third-order valence-corrected chi connectivity index (χ3v) is 6.76. The number of fused-ring (bicyclic) bond motifs is 2. The molecule has 1 aliphatic carbocycles. The molecule has 0 spiro atoms. The standard InChI is InChI=1S/C23H26F3NO2/c24-23(25,26)17-8-6-16(7-9-17)10-13-27-14-12-22(11-2-5-20(27)21(22)29)18-3-1-4-19(28)15-18/h1,3-4,6-9,15,20-21,28-29H,2,5,10-14H2/t20-,21-,22-/m1/s1. The summed E-state index contributed by atoms with van der Waals surface area (Å²) in [5.74, 6) is 0.218. The number of aliphatic hydroxyl groups excluding tert-OH is 1. The van der Waals surface area contributed by atoms with Crippen LogP contribution in [0.15, 0.2) is 48.5 Å². The maximum atomic E-state index is 12.7. The molecule has 0 unspecified atom stereocenters. The van der Waals surface area contributed by atoms with Gasteiger partial charge in [-0.3, -0.25) is 4.90 Å². The highest BCUT2D eigenvalue weighted by Gasteiger charge is 2.50. The summed E-state index contributed by atoms with van der Waals surface area (Å²) in [5.41, 5.74) is 0.912. The van der Waals surface area contributed by atoms with Crippen molar-refractivity contribution < 1.29 is 23.4 Å². The summed E-state index contributed by atoms with van der Waals surface area (Å²) in [6, 6.07) is 12.6. The van der Waals surface area contributed by atoms with E-state index in [0.29, 0.717) is 13.0 Å². The lowest BCUT2D eigenvalue weighted by atomic mass is 9.61. The first kappa shape index (κ1) is 20.2. The molecule has 2 bridgehead atoms. The van der Waals surface area contributed by atoms with E-state index < -0.39 is 17.8 Å². The van der Waals surface area contributed by atoms with Gasteiger partial charge in [0.1, 0.15) is 5.75 Å². The molecule has 3 nitrogen and oxygen atoms in total. The van der Waals surface area contributed by atoms with E-state index in [2.05, 4.69) is 4.90 Å². The zero-order chi connectivity index (χ0) is 20.6. The summed E-state index contributed by atoms with van der Waals surface area (Å²) >= 11 is 0. The number of aliphatic hydroxyl groups is 1. The minimum absolute atomic E-state index is 0.0364. The van der Waals surface area contributed by atoms with Crippen molar-refractivity contribution in [3.63, 3.8) is 0 Å². The Morgan fingerprint density at radius 2 is 1.83 bits per heavy atom. The van der Waals surface area contributed by atoms with E-state index in [1.807, 2.05) is 12.1 Å². The van der Waals surface area contributed by atoms with Crippen molar-refractivity contribution in [2.45, 2.75) is 55.8 Å². The molecule has 1 heterocycles. The lowest BCUT2D eigenvalue weighted by molar-refractivity contribution is -0.137. The molecule has 2 fully saturated rings. The molecule has 0 radical (unpaired) electrons. The van der Waals surface area contributed by atoms with E-state index >= 15 is 0 Å². The van der Waals surface area contributed by atoms with Crippen LogP contribution < -0.4 is 0 Å². The molecule has 2 aromatic rings. The van der Waals surface area contributed by atoms with Crippen LogP contribution in [0.2, 0.25) is 0 Å². The van der Waals surface area contributed by atoms with Crippen molar-refractivity contribution in [2.24, 2.45) is 0 Å². The van der Waals surface area contributed by atoms with Crippen molar-refractivity contribution in [1.82, 2.24) is 4.90 Å². The summed E-state index contributed by atoms with van der Waals surface area (Å²) in [7, 11) is 0. The minimum Gasteiger partial charge on any atom is -0.508 e. The van der Waals surface area contributed by atoms with Crippen LogP contribution in [0, 0.1) is 0 Å². The number of benzene rings is 2. The normalized spacial score (nSPS) is 27.7. The highest BCUT2D eigenvalue weighted by atomic mass is 19.4. The number of phenolic OH excluding ortho intramolecular Hbond substituents is 1. The van der Waals surface area contributed by atoms with E-state index in [1.54, 1.807) is 24.3 Å². The quantitative estimate of drug-likeness (QED) is 0.787. The van der Waals surface area contributed by atoms with Gasteiger partial charge >= 0.3 is 6.18 Å². The Kier molecular flexibility index (Phi) is 5.34. The zero-order valence-electron chi connectivity index (χ0n) is 16.2. The monoisotopic (exact) mass is 405 g/mol. The Labute approximate surface area is 168 Å². The van der Waals surface area contributed by atoms with E-state index in [4.69, 9.17) is 0 Å². The number of likely N-dealkylation sites (tertiary alicyclic amines) is 1. The number of nitrogens with zero attached hydrogens (tertiary/aromatic N) is 1. The number of halogens is 3. The third kappa shape index (κ3) is 3.88. The predicted molar refractivity (Wildman–Crippen MR) is 105 cm³/mol. The molecule has 4 rings (SSSR count). The van der Waals surface area contributed by atoms with Crippen LogP contribution >= 0.6 is 0 Å². The summed E-state index contributed by atoms with van der Waals surface area (Å²) in [5, 5.41) is 21.1. The van der Waals surface area contributed by atoms with Gasteiger partial charge in [-0.15, -0.1) is 0 Å². The number of hydrogen-bond acceptors (Lipinski definition) is 3. The summed E-state index contributed by atoms with van der Waals surface area (Å²) in [4.78, 5) is 2.28. The number of rotatable bonds is 4.